The van der Waals surface area contributed by atoms with Gasteiger partial charge in [-0.2, -0.15) is 0 Å². The molecular formula is C70H88N8O8. The zero-order chi connectivity index (χ0) is 60.2. The van der Waals surface area contributed by atoms with Crippen LogP contribution in [-0.2, 0) is 38.4 Å². The van der Waals surface area contributed by atoms with Gasteiger partial charge in [-0.1, -0.05) is 149 Å². The molecule has 5 aliphatic carbocycles. The third kappa shape index (κ3) is 12.6. The molecule has 7 aliphatic rings. The number of amides is 7. The van der Waals surface area contributed by atoms with Crippen LogP contribution in [0.4, 0.5) is 0 Å². The molecule has 86 heavy (non-hydrogen) atoms. The van der Waals surface area contributed by atoms with Crippen molar-refractivity contribution in [1.29, 1.82) is 0 Å². The lowest BCUT2D eigenvalue weighted by Crippen LogP contribution is -2.57. The van der Waals surface area contributed by atoms with Crippen molar-refractivity contribution in [2.24, 2.45) is 35.5 Å². The summed E-state index contributed by atoms with van der Waals surface area (Å²) < 4.78 is 0. The van der Waals surface area contributed by atoms with Gasteiger partial charge in [0.05, 0.1) is 18.1 Å². The summed E-state index contributed by atoms with van der Waals surface area (Å²) in [7, 11) is 1.74. The number of rotatable bonds is 19. The molecular weight excluding hydrogens is 1080 g/mol. The van der Waals surface area contributed by atoms with Gasteiger partial charge in [-0.15, -0.1) is 0 Å². The highest BCUT2D eigenvalue weighted by atomic mass is 16.2. The Hall–Kier alpha value is -7.20. The molecule has 2 saturated heterocycles. The highest BCUT2D eigenvalue weighted by Crippen LogP contribution is 2.45. The maximum atomic E-state index is 15.2. The summed E-state index contributed by atoms with van der Waals surface area (Å²) in [6.45, 7) is 5.86. The first-order valence-corrected chi connectivity index (χ1v) is 32.4. The van der Waals surface area contributed by atoms with Gasteiger partial charge in [-0.05, 0) is 141 Å². The molecule has 0 radical (unpaired) electrons. The van der Waals surface area contributed by atoms with Crippen LogP contribution < -0.4 is 31.9 Å². The number of fused-ring (bicyclic) bond motifs is 6. The fourth-order valence-corrected chi connectivity index (χ4v) is 15.5. The van der Waals surface area contributed by atoms with Crippen LogP contribution >= 0.6 is 0 Å². The number of nitrogens with zero attached hydrogens (tertiary/aromatic N) is 2. The molecule has 0 aromatic heterocycles. The third-order valence-electron chi connectivity index (χ3n) is 20.8. The number of ketones is 1. The number of hydrogen-bond donors (Lipinski definition) is 6. The summed E-state index contributed by atoms with van der Waals surface area (Å²) in [6, 6.07) is 27.1. The highest BCUT2D eigenvalue weighted by Gasteiger charge is 2.49. The summed E-state index contributed by atoms with van der Waals surface area (Å²) in [5.41, 5.74) is 8.08. The summed E-state index contributed by atoms with van der Waals surface area (Å²) in [5, 5.41) is 19.4. The van der Waals surface area contributed by atoms with Gasteiger partial charge < -0.3 is 41.7 Å². The first-order chi connectivity index (χ1) is 41.7. The molecule has 2 aliphatic heterocycles. The molecule has 2 heterocycles. The lowest BCUT2D eigenvalue weighted by molar-refractivity contribution is -0.145. The molecule has 16 heteroatoms. The van der Waals surface area contributed by atoms with Gasteiger partial charge in [0.15, 0.2) is 0 Å². The molecule has 0 bridgehead atoms. The van der Waals surface area contributed by atoms with Gasteiger partial charge >= 0.3 is 0 Å². The molecule has 4 aromatic rings. The smallest absolute Gasteiger partial charge is 0.246 e. The fourth-order valence-electron chi connectivity index (χ4n) is 15.5. The largest absolute Gasteiger partial charge is 0.351 e. The van der Waals surface area contributed by atoms with Gasteiger partial charge in [0.1, 0.15) is 23.9 Å². The number of benzene rings is 4. The van der Waals surface area contributed by atoms with E-state index < -0.39 is 66.1 Å². The minimum Gasteiger partial charge on any atom is -0.351 e. The minimum atomic E-state index is -0.912. The Morgan fingerprint density at radius 1 is 0.488 bits per heavy atom. The van der Waals surface area contributed by atoms with E-state index in [0.717, 1.165) is 109 Å². The highest BCUT2D eigenvalue weighted by molar-refractivity contribution is 5.96. The molecule has 8 atom stereocenters. The monoisotopic (exact) mass is 1170 g/mol. The van der Waals surface area contributed by atoms with Crippen LogP contribution in [-0.4, -0.2) is 113 Å². The Morgan fingerprint density at radius 3 is 1.29 bits per heavy atom. The number of carbonyl (C=O) groups is 8. The zero-order valence-corrected chi connectivity index (χ0v) is 50.6. The van der Waals surface area contributed by atoms with Crippen LogP contribution in [0.1, 0.15) is 171 Å². The second-order valence-corrected chi connectivity index (χ2v) is 26.1. The maximum absolute atomic E-state index is 15.2. The third-order valence-corrected chi connectivity index (χ3v) is 20.8. The van der Waals surface area contributed by atoms with Gasteiger partial charge in [0.25, 0.3) is 0 Å². The van der Waals surface area contributed by atoms with Crippen LogP contribution in [0.2, 0.25) is 0 Å². The van der Waals surface area contributed by atoms with E-state index in [0.29, 0.717) is 32.1 Å². The Bertz CT molecular complexity index is 2880. The van der Waals surface area contributed by atoms with Crippen molar-refractivity contribution in [1.82, 2.24) is 41.7 Å². The van der Waals surface area contributed by atoms with E-state index in [1.54, 1.807) is 16.8 Å². The van der Waals surface area contributed by atoms with E-state index >= 15 is 9.59 Å². The van der Waals surface area contributed by atoms with E-state index in [-0.39, 0.29) is 97.2 Å². The van der Waals surface area contributed by atoms with Crippen molar-refractivity contribution in [2.45, 2.75) is 185 Å². The topological polar surface area (TPSA) is 215 Å². The standard InChI is InChI=1S/C70H88N8O8/c1-5-41(2)64(80)74-61(44-22-10-7-11-23-44)70(86)78-40-48(37-59(78)68(84)76-63-55-30-18-14-26-51(55)52-27-15-19-31-56(52)63)73-66(82)46-34-32-45(33-35-46)65(81)72-47-36-58(67(83)75-62-53-28-16-12-24-49(53)50-25-13-17-29-54(50)62)77(39-47)69(85)57(38-60(79)42(3)71-4)43-20-8-6-9-21-43/h12-19,24-31,41-48,57-59,61-63,71H,5-11,20-23,32-40H2,1-4H3,(H,72,81)(H,73,82)(H,74,80)(H,75,83)(H,76,84)/t41-,42+,45?,46?,47+,48+,57+,58+,59+,61+/m1/s1. The zero-order valence-electron chi connectivity index (χ0n) is 50.6. The van der Waals surface area contributed by atoms with E-state index in [9.17, 15) is 28.8 Å². The van der Waals surface area contributed by atoms with Crippen LogP contribution in [0, 0.1) is 35.5 Å². The van der Waals surface area contributed by atoms with Crippen molar-refractivity contribution >= 4 is 47.1 Å². The Morgan fingerprint density at radius 2 is 0.884 bits per heavy atom. The number of nitrogens with one attached hydrogen (secondary N) is 6. The van der Waals surface area contributed by atoms with Crippen molar-refractivity contribution in [3.63, 3.8) is 0 Å². The molecule has 5 fully saturated rings. The number of likely N-dealkylation sites (tertiary alicyclic amines) is 2. The van der Waals surface area contributed by atoms with Crippen molar-refractivity contribution < 1.29 is 38.4 Å². The second kappa shape index (κ2) is 26.8. The summed E-state index contributed by atoms with van der Waals surface area (Å²) >= 11 is 0. The lowest BCUT2D eigenvalue weighted by atomic mass is 9.76. The number of likely N-dealkylation sites (N-methyl/N-ethyl adjacent to an activating group) is 1. The minimum absolute atomic E-state index is 0.00452. The first kappa shape index (κ1) is 60.5. The second-order valence-electron chi connectivity index (χ2n) is 26.1. The van der Waals surface area contributed by atoms with E-state index in [4.69, 9.17) is 0 Å². The predicted molar refractivity (Wildman–Crippen MR) is 329 cm³/mol. The SMILES string of the molecule is CC[C@@H](C)C(=O)N[C@H](C(=O)N1C[C@@H](NC(=O)C2CCC(C(=O)N[C@H]3C[C@@H](C(=O)NC4c5ccccc5-c5ccccc54)N(C(=O)[C@@H](CC(=O)[C@H](C)NC)C4CCCCC4)C3)CC2)C[C@H]1C(=O)NC1c2ccccc2-c2ccccc21)C1CCCCC1. The molecule has 4 aromatic carbocycles. The number of carbonyl (C=O) groups excluding carboxylic acids is 8. The Balaban J connectivity index is 0.769. The summed E-state index contributed by atoms with van der Waals surface area (Å²) in [5.74, 6) is -3.50. The van der Waals surface area contributed by atoms with Crippen molar-refractivity contribution in [3.05, 3.63) is 119 Å². The van der Waals surface area contributed by atoms with Crippen LogP contribution in [0.25, 0.3) is 22.3 Å². The first-order valence-electron chi connectivity index (χ1n) is 32.4. The van der Waals surface area contributed by atoms with Gasteiger partial charge in [-0.25, -0.2) is 0 Å². The molecule has 0 unspecified atom stereocenters. The van der Waals surface area contributed by atoms with Crippen LogP contribution in [0.5, 0.6) is 0 Å². The van der Waals surface area contributed by atoms with Gasteiger partial charge in [0.2, 0.25) is 41.4 Å². The lowest BCUT2D eigenvalue weighted by Gasteiger charge is -2.35. The van der Waals surface area contributed by atoms with E-state index in [2.05, 4.69) is 56.2 Å². The molecule has 3 saturated carbocycles. The molecule has 0 spiro atoms. The van der Waals surface area contributed by atoms with Crippen LogP contribution in [0.3, 0.4) is 0 Å². The maximum Gasteiger partial charge on any atom is 0.246 e. The average molecular weight is 1170 g/mol. The van der Waals surface area contributed by atoms with Gasteiger partial charge in [0, 0.05) is 55.3 Å². The Kier molecular flexibility index (Phi) is 18.9. The number of Topliss-reactive ketones (excluding diaryl/α,β-unsaturated/α-hetero) is 1. The number of hydrogen-bond acceptors (Lipinski definition) is 9. The molecule has 6 N–H and O–H groups in total. The average Bonchev–Trinajstić information content (AvgIpc) is 2.69. The Labute approximate surface area is 506 Å². The van der Waals surface area contributed by atoms with Gasteiger partial charge in [-0.3, -0.25) is 38.4 Å². The van der Waals surface area contributed by atoms with Crippen LogP contribution in [0.15, 0.2) is 97.1 Å². The molecule has 16 nitrogen and oxygen atoms in total. The van der Waals surface area contributed by atoms with E-state index in [1.807, 2.05) is 93.6 Å². The van der Waals surface area contributed by atoms with Crippen molar-refractivity contribution in [2.75, 3.05) is 20.1 Å². The quantitative estimate of drug-likeness (QED) is 0.0529. The molecule has 456 valence electrons. The van der Waals surface area contributed by atoms with Crippen molar-refractivity contribution in [3.8, 4) is 22.3 Å². The predicted octanol–water partition coefficient (Wildman–Crippen LogP) is 8.61. The molecule has 7 amide bonds. The normalized spacial score (nSPS) is 24.5. The summed E-state index contributed by atoms with van der Waals surface area (Å²) in [6.07, 6.45) is 12.1. The molecule has 11 rings (SSSR count). The summed E-state index contributed by atoms with van der Waals surface area (Å²) in [4.78, 5) is 119. The fraction of sp³-hybridized carbons (Fsp3) is 0.543. The van der Waals surface area contributed by atoms with E-state index in [1.165, 1.54) is 0 Å².